The van der Waals surface area contributed by atoms with Crippen molar-refractivity contribution in [2.24, 2.45) is 20.0 Å². The molecule has 280 valence electrons. The van der Waals surface area contributed by atoms with Crippen LogP contribution in [0.5, 0.6) is 0 Å². The van der Waals surface area contributed by atoms with E-state index in [-0.39, 0.29) is 9.79 Å². The third-order valence-corrected chi connectivity index (χ3v) is 10.6. The zero-order chi connectivity index (χ0) is 36.3. The molecule has 0 unspecified atom stereocenters. The lowest BCUT2D eigenvalue weighted by molar-refractivity contribution is 0.576. The van der Waals surface area contributed by atoms with Crippen molar-refractivity contribution in [1.29, 1.82) is 0 Å². The van der Waals surface area contributed by atoms with E-state index >= 15 is 0 Å². The first-order chi connectivity index (χ1) is 24.7. The average molecular weight is 721 g/mol. The van der Waals surface area contributed by atoms with E-state index in [9.17, 15) is 8.42 Å². The zero-order valence-electron chi connectivity index (χ0n) is 31.3. The highest BCUT2D eigenvalue weighted by atomic mass is 32.2. The monoisotopic (exact) mass is 720 g/mol. The fraction of sp³-hybridized carbons (Fsp3) is 0.579. The molecule has 4 rings (SSSR count). The molecule has 2 aliphatic heterocycles. The average Bonchev–Trinajstić information content (AvgIpc) is 3.11. The van der Waals surface area contributed by atoms with Crippen LogP contribution in [-0.4, -0.2) is 110 Å². The van der Waals surface area contributed by atoms with Crippen molar-refractivity contribution < 1.29 is 8.42 Å². The summed E-state index contributed by atoms with van der Waals surface area (Å²) in [4.78, 5) is 23.7. The number of sulfone groups is 1. The van der Waals surface area contributed by atoms with E-state index < -0.39 is 9.84 Å². The third kappa shape index (κ3) is 14.2. The number of benzene rings is 2. The molecule has 2 aliphatic rings. The maximum Gasteiger partial charge on any atom is 0.206 e. The quantitative estimate of drug-likeness (QED) is 0.362. The van der Waals surface area contributed by atoms with Crippen molar-refractivity contribution in [2.75, 3.05) is 88.8 Å². The molecule has 51 heavy (non-hydrogen) atoms. The molecule has 12 nitrogen and oxygen atoms in total. The topological polar surface area (TPSA) is 138 Å². The Balaban J connectivity index is 1.39. The normalized spacial score (nSPS) is 19.8. The first-order valence-electron chi connectivity index (χ1n) is 18.5. The predicted molar refractivity (Wildman–Crippen MR) is 214 cm³/mol. The molecule has 2 aromatic carbocycles. The Kier molecular flexibility index (Phi) is 17.2. The largest absolute Gasteiger partial charge is 0.346 e. The van der Waals surface area contributed by atoms with Crippen molar-refractivity contribution >= 4 is 44.1 Å². The molecule has 2 aromatic rings. The smallest absolute Gasteiger partial charge is 0.206 e. The lowest BCUT2D eigenvalue weighted by atomic mass is 10.2. The number of rotatable bonds is 4. The Bertz CT molecular complexity index is 1400. The molecule has 4 N–H and O–H groups in total. The molecule has 0 bridgehead atoms. The highest BCUT2D eigenvalue weighted by Crippen LogP contribution is 2.25. The van der Waals surface area contributed by atoms with Crippen molar-refractivity contribution in [3.63, 3.8) is 0 Å². The summed E-state index contributed by atoms with van der Waals surface area (Å²) in [5.74, 6) is 0. The maximum atomic E-state index is 13.7. The number of anilines is 2. The van der Waals surface area contributed by atoms with Crippen LogP contribution in [0.1, 0.15) is 66.2 Å². The Morgan fingerprint density at radius 3 is 1.02 bits per heavy atom. The molecule has 0 saturated carbocycles. The van der Waals surface area contributed by atoms with Crippen LogP contribution in [0.2, 0.25) is 0 Å². The minimum Gasteiger partial charge on any atom is -0.346 e. The SMILES string of the molecule is CC1=NCCCNCN(c2ccc(S(=O)(=O)c3ccc(N4CNCCCN=C(C)CC(C)=NCCCNC4)cc3)cc2)CNCCCN=C(C)C1. The lowest BCUT2D eigenvalue weighted by Gasteiger charge is -2.26. The summed E-state index contributed by atoms with van der Waals surface area (Å²) < 4.78 is 27.4. The van der Waals surface area contributed by atoms with Gasteiger partial charge in [0.25, 0.3) is 0 Å². The summed E-state index contributed by atoms with van der Waals surface area (Å²) in [6, 6.07) is 14.4. The van der Waals surface area contributed by atoms with Crippen LogP contribution >= 0.6 is 0 Å². The van der Waals surface area contributed by atoms with Gasteiger partial charge in [0, 0.05) is 73.2 Å². The molecule has 0 radical (unpaired) electrons. The Morgan fingerprint density at radius 1 is 0.471 bits per heavy atom. The van der Waals surface area contributed by atoms with Crippen LogP contribution in [-0.2, 0) is 9.84 Å². The molecule has 0 amide bonds. The fourth-order valence-electron chi connectivity index (χ4n) is 6.00. The predicted octanol–water partition coefficient (Wildman–Crippen LogP) is 4.53. The van der Waals surface area contributed by atoms with Gasteiger partial charge in [-0.25, -0.2) is 8.42 Å². The first-order valence-corrected chi connectivity index (χ1v) is 20.0. The Morgan fingerprint density at radius 2 is 0.745 bits per heavy atom. The molecule has 0 aliphatic carbocycles. The van der Waals surface area contributed by atoms with Gasteiger partial charge in [-0.3, -0.25) is 41.2 Å². The summed E-state index contributed by atoms with van der Waals surface area (Å²) in [5, 5.41) is 14.1. The van der Waals surface area contributed by atoms with E-state index in [1.807, 2.05) is 24.3 Å². The number of hydrogen-bond acceptors (Lipinski definition) is 12. The van der Waals surface area contributed by atoms with Crippen LogP contribution in [0.15, 0.2) is 78.3 Å². The minimum absolute atomic E-state index is 0.278. The molecule has 0 aromatic heterocycles. The Labute approximate surface area is 306 Å². The molecule has 13 heteroatoms. The third-order valence-electron chi connectivity index (χ3n) is 8.83. The van der Waals surface area contributed by atoms with E-state index in [0.717, 1.165) is 125 Å². The molecule has 0 atom stereocenters. The summed E-state index contributed by atoms with van der Waals surface area (Å²) in [6.45, 7) is 17.4. The van der Waals surface area contributed by atoms with Crippen LogP contribution in [0.25, 0.3) is 0 Å². The van der Waals surface area contributed by atoms with Gasteiger partial charge in [-0.15, -0.1) is 0 Å². The van der Waals surface area contributed by atoms with Gasteiger partial charge in [-0.2, -0.15) is 0 Å². The van der Waals surface area contributed by atoms with Crippen LogP contribution in [0, 0.1) is 0 Å². The fourth-order valence-corrected chi connectivity index (χ4v) is 7.26. The van der Waals surface area contributed by atoms with Gasteiger partial charge in [0.05, 0.1) is 36.5 Å². The van der Waals surface area contributed by atoms with Gasteiger partial charge >= 0.3 is 0 Å². The highest BCUT2D eigenvalue weighted by Gasteiger charge is 2.19. The van der Waals surface area contributed by atoms with Gasteiger partial charge in [-0.1, -0.05) is 0 Å². The second kappa shape index (κ2) is 21.8. The van der Waals surface area contributed by atoms with Gasteiger partial charge in [0.1, 0.15) is 0 Å². The summed E-state index contributed by atoms with van der Waals surface area (Å²) in [5.41, 5.74) is 6.40. The van der Waals surface area contributed by atoms with Crippen LogP contribution in [0.4, 0.5) is 11.4 Å². The van der Waals surface area contributed by atoms with Crippen molar-refractivity contribution in [3.05, 3.63) is 48.5 Å². The zero-order valence-corrected chi connectivity index (χ0v) is 32.1. The second-order valence-corrected chi connectivity index (χ2v) is 15.4. The second-order valence-electron chi connectivity index (χ2n) is 13.4. The van der Waals surface area contributed by atoms with Gasteiger partial charge < -0.3 is 9.80 Å². The lowest BCUT2D eigenvalue weighted by Crippen LogP contribution is -2.41. The summed E-state index contributed by atoms with van der Waals surface area (Å²) >= 11 is 0. The van der Waals surface area contributed by atoms with Crippen molar-refractivity contribution in [1.82, 2.24) is 21.3 Å². The molecular formula is C38H60N10O2S. The van der Waals surface area contributed by atoms with Crippen molar-refractivity contribution in [3.8, 4) is 0 Å². The molecule has 0 spiro atoms. The van der Waals surface area contributed by atoms with E-state index in [0.29, 0.717) is 26.7 Å². The van der Waals surface area contributed by atoms with Gasteiger partial charge in [0.15, 0.2) is 0 Å². The summed E-state index contributed by atoms with van der Waals surface area (Å²) in [6.07, 6.45) is 5.46. The number of nitrogens with zero attached hydrogens (tertiary/aromatic N) is 6. The molecule has 2 heterocycles. The van der Waals surface area contributed by atoms with Crippen molar-refractivity contribution in [2.45, 2.75) is 76.0 Å². The standard InChI is InChI=1S/C38H60N10O2S/c1-31-25-32(2)44-22-6-18-40-28-47(27-39-17-5-21-43-31)35-9-13-37(14-10-35)51(49,50)38-15-11-36(12-16-38)48-29-41-19-7-23-45-33(3)26-34(4)46-24-8-20-42-30-48/h9-16,39-42H,5-8,17-30H2,1-4H3. The van der Waals surface area contributed by atoms with E-state index in [1.165, 1.54) is 0 Å². The highest BCUT2D eigenvalue weighted by molar-refractivity contribution is 7.91. The van der Waals surface area contributed by atoms with E-state index in [4.69, 9.17) is 20.0 Å². The van der Waals surface area contributed by atoms with Crippen LogP contribution in [0.3, 0.4) is 0 Å². The minimum atomic E-state index is -3.69. The summed E-state index contributed by atoms with van der Waals surface area (Å²) in [7, 11) is -3.69. The number of aliphatic imine (C=N–C) groups is 4. The van der Waals surface area contributed by atoms with Crippen LogP contribution < -0.4 is 31.1 Å². The van der Waals surface area contributed by atoms with E-state index in [2.05, 4.69) is 58.8 Å². The molecule has 0 saturated heterocycles. The van der Waals surface area contributed by atoms with Gasteiger partial charge in [-0.05, 0) is 128 Å². The maximum absolute atomic E-state index is 13.7. The first kappa shape index (κ1) is 40.3. The van der Waals surface area contributed by atoms with E-state index in [1.54, 1.807) is 24.3 Å². The number of nitrogens with one attached hydrogen (secondary N) is 4. The molecular weight excluding hydrogens is 661 g/mol. The van der Waals surface area contributed by atoms with Gasteiger partial charge in [0.2, 0.25) is 9.84 Å². The Hall–Kier alpha value is -3.49. The molecule has 0 fully saturated rings. The number of hydrogen-bond donors (Lipinski definition) is 4.